The van der Waals surface area contributed by atoms with Crippen LogP contribution in [0.1, 0.15) is 5.69 Å². The number of hydrogen-bond donors (Lipinski definition) is 0. The van der Waals surface area contributed by atoms with Crippen molar-refractivity contribution in [3.8, 4) is 0 Å². The molecule has 1 aromatic heterocycles. The highest BCUT2D eigenvalue weighted by molar-refractivity contribution is 9.10. The average molecular weight is 312 g/mol. The maximum atomic E-state index is 12.3. The summed E-state index contributed by atoms with van der Waals surface area (Å²) >= 11 is 3.34. The second-order valence-corrected chi connectivity index (χ2v) is 5.79. The quantitative estimate of drug-likeness (QED) is 0.840. The molecular weight excluding hydrogens is 294 g/mol. The minimum Gasteiger partial charge on any atom is -0.303 e. The van der Waals surface area contributed by atoms with Crippen molar-refractivity contribution >= 4 is 21.7 Å². The van der Waals surface area contributed by atoms with E-state index in [4.69, 9.17) is 0 Å². The Morgan fingerprint density at radius 1 is 1.44 bits per heavy atom. The van der Waals surface area contributed by atoms with E-state index in [1.54, 1.807) is 6.20 Å². The summed E-state index contributed by atoms with van der Waals surface area (Å²) in [6.07, 6.45) is 2.15. The van der Waals surface area contributed by atoms with E-state index in [1.165, 1.54) is 0 Å². The Morgan fingerprint density at radius 3 is 2.89 bits per heavy atom. The molecule has 0 aliphatic carbocycles. The average Bonchev–Trinajstić information content (AvgIpc) is 2.35. The third-order valence-electron chi connectivity index (χ3n) is 3.37. The first-order valence-corrected chi connectivity index (χ1v) is 6.87. The Labute approximate surface area is 116 Å². The Morgan fingerprint density at radius 2 is 2.22 bits per heavy atom. The molecule has 1 aliphatic rings. The molecule has 1 atom stereocenters. The Balaban J connectivity index is 2.00. The van der Waals surface area contributed by atoms with Crippen LogP contribution in [0, 0.1) is 0 Å². The van der Waals surface area contributed by atoms with E-state index in [0.717, 1.165) is 29.8 Å². The van der Waals surface area contributed by atoms with Gasteiger partial charge in [-0.25, -0.2) is 0 Å². The number of Topliss-reactive ketones (excluding diaryl/α,β-unsaturated/α-hetero) is 1. The van der Waals surface area contributed by atoms with Crippen LogP contribution in [0.2, 0.25) is 0 Å². The molecule has 0 N–H and O–H groups in total. The molecule has 1 fully saturated rings. The highest BCUT2D eigenvalue weighted by Crippen LogP contribution is 2.12. The molecule has 0 saturated carbocycles. The van der Waals surface area contributed by atoms with Crippen molar-refractivity contribution in [2.75, 3.05) is 33.7 Å². The fourth-order valence-electron chi connectivity index (χ4n) is 2.17. The van der Waals surface area contributed by atoms with E-state index in [0.29, 0.717) is 6.42 Å². The number of aromatic nitrogens is 1. The van der Waals surface area contributed by atoms with Gasteiger partial charge in [0.05, 0.1) is 12.5 Å². The van der Waals surface area contributed by atoms with Gasteiger partial charge >= 0.3 is 0 Å². The van der Waals surface area contributed by atoms with E-state index in [1.807, 2.05) is 19.2 Å². The van der Waals surface area contributed by atoms with Gasteiger partial charge in [-0.05, 0) is 42.2 Å². The third kappa shape index (κ3) is 3.37. The minimum atomic E-state index is -0.00537. The van der Waals surface area contributed by atoms with E-state index < -0.39 is 0 Å². The fraction of sp³-hybridized carbons (Fsp3) is 0.538. The van der Waals surface area contributed by atoms with E-state index in [9.17, 15) is 4.79 Å². The Hall–Kier alpha value is -0.780. The van der Waals surface area contributed by atoms with E-state index in [-0.39, 0.29) is 11.8 Å². The lowest BCUT2D eigenvalue weighted by molar-refractivity contribution is -0.125. The van der Waals surface area contributed by atoms with E-state index in [2.05, 4.69) is 37.8 Å². The first-order valence-electron chi connectivity index (χ1n) is 6.08. The van der Waals surface area contributed by atoms with Gasteiger partial charge in [0.15, 0.2) is 5.78 Å². The zero-order valence-electron chi connectivity index (χ0n) is 10.8. The minimum absolute atomic E-state index is 0.00537. The van der Waals surface area contributed by atoms with Gasteiger partial charge in [0.1, 0.15) is 0 Å². The van der Waals surface area contributed by atoms with Gasteiger partial charge in [0, 0.05) is 36.0 Å². The molecule has 1 saturated heterocycles. The van der Waals surface area contributed by atoms with E-state index >= 15 is 0 Å². The number of halogens is 1. The van der Waals surface area contributed by atoms with Crippen LogP contribution in [0.5, 0.6) is 0 Å². The molecule has 0 radical (unpaired) electrons. The summed E-state index contributed by atoms with van der Waals surface area (Å²) < 4.78 is 0.938. The summed E-state index contributed by atoms with van der Waals surface area (Å²) in [5.74, 6) is 0.249. The lowest BCUT2D eigenvalue weighted by Gasteiger charge is -2.36. The highest BCUT2D eigenvalue weighted by Gasteiger charge is 2.28. The number of rotatable bonds is 3. The molecule has 0 aromatic carbocycles. The first kappa shape index (κ1) is 13.6. The molecule has 18 heavy (non-hydrogen) atoms. The van der Waals surface area contributed by atoms with Gasteiger partial charge < -0.3 is 4.90 Å². The molecule has 2 heterocycles. The Bertz CT molecular complexity index is 421. The number of piperazine rings is 1. The van der Waals surface area contributed by atoms with Gasteiger partial charge in [-0.3, -0.25) is 14.7 Å². The summed E-state index contributed by atoms with van der Waals surface area (Å²) in [6, 6.07) is 3.81. The summed E-state index contributed by atoms with van der Waals surface area (Å²) in [6.45, 7) is 2.78. The summed E-state index contributed by atoms with van der Waals surface area (Å²) in [4.78, 5) is 20.9. The van der Waals surface area contributed by atoms with Gasteiger partial charge in [-0.2, -0.15) is 0 Å². The normalized spacial score (nSPS) is 22.1. The lowest BCUT2D eigenvalue weighted by Crippen LogP contribution is -2.53. The number of carbonyl (C=O) groups excluding carboxylic acids is 1. The summed E-state index contributed by atoms with van der Waals surface area (Å²) in [5.41, 5.74) is 0.838. The van der Waals surface area contributed by atoms with Crippen molar-refractivity contribution in [2.45, 2.75) is 12.5 Å². The van der Waals surface area contributed by atoms with Crippen molar-refractivity contribution in [1.82, 2.24) is 14.8 Å². The van der Waals surface area contributed by atoms with Gasteiger partial charge in [-0.1, -0.05) is 0 Å². The van der Waals surface area contributed by atoms with Crippen LogP contribution in [-0.4, -0.2) is 60.3 Å². The fourth-order valence-corrected chi connectivity index (χ4v) is 2.40. The summed E-state index contributed by atoms with van der Waals surface area (Å²) in [5, 5.41) is 0. The molecule has 2 rings (SSSR count). The number of carbonyl (C=O) groups is 1. The molecule has 1 unspecified atom stereocenters. The number of hydrogen-bond acceptors (Lipinski definition) is 4. The number of ketones is 1. The molecule has 0 bridgehead atoms. The van der Waals surface area contributed by atoms with Crippen LogP contribution < -0.4 is 0 Å². The maximum Gasteiger partial charge on any atom is 0.157 e. The lowest BCUT2D eigenvalue weighted by atomic mass is 10.0. The van der Waals surface area contributed by atoms with Gasteiger partial charge in [-0.15, -0.1) is 0 Å². The molecular formula is C13H18BrN3O. The van der Waals surface area contributed by atoms with Crippen LogP contribution in [0.15, 0.2) is 22.8 Å². The first-order chi connectivity index (χ1) is 8.56. The maximum absolute atomic E-state index is 12.3. The zero-order valence-corrected chi connectivity index (χ0v) is 12.4. The predicted molar refractivity (Wildman–Crippen MR) is 74.6 cm³/mol. The van der Waals surface area contributed by atoms with Crippen LogP contribution in [-0.2, 0) is 11.2 Å². The predicted octanol–water partition coefficient (Wildman–Crippen LogP) is 1.20. The highest BCUT2D eigenvalue weighted by atomic mass is 79.9. The van der Waals surface area contributed by atoms with Crippen LogP contribution in [0.3, 0.4) is 0 Å². The SMILES string of the molecule is CN1CCN(C)C(C(=O)Cc2ccc(Br)cn2)C1. The molecule has 98 valence electrons. The number of pyridine rings is 1. The van der Waals surface area contributed by atoms with Gasteiger partial charge in [0.25, 0.3) is 0 Å². The third-order valence-corrected chi connectivity index (χ3v) is 3.84. The van der Waals surface area contributed by atoms with Crippen LogP contribution >= 0.6 is 15.9 Å². The van der Waals surface area contributed by atoms with Crippen molar-refractivity contribution in [1.29, 1.82) is 0 Å². The second kappa shape index (κ2) is 5.91. The topological polar surface area (TPSA) is 36.4 Å². The number of likely N-dealkylation sites (N-methyl/N-ethyl adjacent to an activating group) is 2. The second-order valence-electron chi connectivity index (χ2n) is 4.87. The molecule has 1 aliphatic heterocycles. The van der Waals surface area contributed by atoms with Gasteiger partial charge in [0.2, 0.25) is 0 Å². The zero-order chi connectivity index (χ0) is 13.1. The van der Waals surface area contributed by atoms with Crippen molar-refractivity contribution in [2.24, 2.45) is 0 Å². The molecule has 1 aromatic rings. The summed E-state index contributed by atoms with van der Waals surface area (Å²) in [7, 11) is 4.08. The monoisotopic (exact) mass is 311 g/mol. The molecule has 0 spiro atoms. The Kier molecular flexibility index (Phi) is 4.48. The largest absolute Gasteiger partial charge is 0.303 e. The molecule has 0 amide bonds. The van der Waals surface area contributed by atoms with Crippen LogP contribution in [0.4, 0.5) is 0 Å². The van der Waals surface area contributed by atoms with Crippen molar-refractivity contribution < 1.29 is 4.79 Å². The van der Waals surface area contributed by atoms with Crippen LogP contribution in [0.25, 0.3) is 0 Å². The molecule has 5 heteroatoms. The van der Waals surface area contributed by atoms with Crippen molar-refractivity contribution in [3.05, 3.63) is 28.5 Å². The molecule has 4 nitrogen and oxygen atoms in total. The number of nitrogens with zero attached hydrogens (tertiary/aromatic N) is 3. The van der Waals surface area contributed by atoms with Crippen molar-refractivity contribution in [3.63, 3.8) is 0 Å². The smallest absolute Gasteiger partial charge is 0.157 e. The standard InChI is InChI=1S/C13H18BrN3O/c1-16-5-6-17(2)12(9-16)13(18)7-11-4-3-10(14)8-15-11/h3-4,8,12H,5-7,9H2,1-2H3.